The fourth-order valence-corrected chi connectivity index (χ4v) is 8.23. The Bertz CT molecular complexity index is 391. The van der Waals surface area contributed by atoms with Gasteiger partial charge in [-0.05, 0) is 46.5 Å². The zero-order chi connectivity index (χ0) is 16.2. The van der Waals surface area contributed by atoms with Gasteiger partial charge in [-0.3, -0.25) is 4.79 Å². The average Bonchev–Trinajstić information content (AvgIpc) is 2.47. The molecule has 0 aromatic carbocycles. The van der Waals surface area contributed by atoms with Crippen LogP contribution in [-0.2, 0) is 14.1 Å². The molecular weight excluding hydrogens is 295 g/mol. The topological polar surface area (TPSA) is 43.4 Å². The lowest BCUT2D eigenvalue weighted by Crippen LogP contribution is -2.31. The average molecular weight is 328 g/mol. The Labute approximate surface area is 135 Å². The third kappa shape index (κ3) is 4.85. The summed E-state index contributed by atoms with van der Waals surface area (Å²) < 4.78 is 19.4. The summed E-state index contributed by atoms with van der Waals surface area (Å²) in [7, 11) is -2.49. The fourth-order valence-electron chi connectivity index (χ4n) is 4.17. The van der Waals surface area contributed by atoms with Crippen LogP contribution in [0.25, 0.3) is 0 Å². The number of ether oxygens (including phenoxy) is 1. The highest BCUT2D eigenvalue weighted by molar-refractivity contribution is 7.66. The molecule has 0 N–H and O–H groups in total. The Hall–Kier alpha value is -0.300. The van der Waals surface area contributed by atoms with Gasteiger partial charge < -0.3 is 9.30 Å². The van der Waals surface area contributed by atoms with E-state index in [1.54, 1.807) is 0 Å². The third-order valence-electron chi connectivity index (χ3n) is 5.18. The number of esters is 1. The van der Waals surface area contributed by atoms with Crippen LogP contribution < -0.4 is 0 Å². The van der Waals surface area contributed by atoms with E-state index < -0.39 is 12.7 Å². The summed E-state index contributed by atoms with van der Waals surface area (Å²) in [5.41, 5.74) is 0.0647. The van der Waals surface area contributed by atoms with Crippen molar-refractivity contribution in [1.82, 2.24) is 0 Å². The Morgan fingerprint density at radius 2 is 1.32 bits per heavy atom. The van der Waals surface area contributed by atoms with Crippen LogP contribution in [0.4, 0.5) is 0 Å². The van der Waals surface area contributed by atoms with Crippen LogP contribution in [0.15, 0.2) is 0 Å². The molecule has 0 bridgehead atoms. The molecular formula is C18H33O3P. The maximum absolute atomic E-state index is 13.9. The van der Waals surface area contributed by atoms with Crippen LogP contribution in [0.5, 0.6) is 0 Å². The van der Waals surface area contributed by atoms with Crippen molar-refractivity contribution in [2.45, 2.75) is 102 Å². The molecule has 0 aliphatic heterocycles. The van der Waals surface area contributed by atoms with Crippen LogP contribution in [0.3, 0.4) is 0 Å². The SMILES string of the molecule is CC(C)(C)OC(=O)CP(=O)(C1CCCCC1)C1CCCCC1. The van der Waals surface area contributed by atoms with Crippen molar-refractivity contribution in [3.05, 3.63) is 0 Å². The number of carbonyl (C=O) groups excluding carboxylic acids is 1. The molecule has 2 fully saturated rings. The van der Waals surface area contributed by atoms with Gasteiger partial charge in [0, 0.05) is 11.3 Å². The second-order valence-corrected chi connectivity index (χ2v) is 11.7. The Kier molecular flexibility index (Phi) is 6.16. The normalized spacial score (nSPS) is 22.5. The molecule has 0 radical (unpaired) electrons. The Morgan fingerprint density at radius 3 is 1.68 bits per heavy atom. The first-order valence-electron chi connectivity index (χ1n) is 9.11. The van der Waals surface area contributed by atoms with Crippen molar-refractivity contribution >= 4 is 13.1 Å². The molecule has 2 aliphatic carbocycles. The van der Waals surface area contributed by atoms with Crippen molar-refractivity contribution in [2.24, 2.45) is 0 Å². The molecule has 0 amide bonds. The summed E-state index contributed by atoms with van der Waals surface area (Å²) >= 11 is 0. The lowest BCUT2D eigenvalue weighted by molar-refractivity contribution is -0.151. The highest BCUT2D eigenvalue weighted by Crippen LogP contribution is 2.62. The molecule has 4 heteroatoms. The molecule has 0 heterocycles. The van der Waals surface area contributed by atoms with Gasteiger partial charge in [0.1, 0.15) is 12.7 Å². The van der Waals surface area contributed by atoms with E-state index in [0.29, 0.717) is 0 Å². The second-order valence-electron chi connectivity index (χ2n) is 8.18. The molecule has 0 aromatic heterocycles. The van der Waals surface area contributed by atoms with E-state index in [4.69, 9.17) is 4.74 Å². The van der Waals surface area contributed by atoms with E-state index >= 15 is 0 Å². The van der Waals surface area contributed by atoms with Crippen LogP contribution in [0.2, 0.25) is 0 Å². The molecule has 0 aromatic rings. The predicted octanol–water partition coefficient (Wildman–Crippen LogP) is 5.36. The molecule has 128 valence electrons. The molecule has 2 rings (SSSR count). The summed E-state index contributed by atoms with van der Waals surface area (Å²) in [6.07, 6.45) is 11.6. The van der Waals surface area contributed by atoms with Crippen LogP contribution in [0.1, 0.15) is 85.0 Å². The maximum Gasteiger partial charge on any atom is 0.313 e. The molecule has 0 atom stereocenters. The molecule has 0 saturated heterocycles. The minimum absolute atomic E-state index is 0.180. The first-order valence-corrected chi connectivity index (χ1v) is 11.1. The van der Waals surface area contributed by atoms with Gasteiger partial charge in [-0.25, -0.2) is 0 Å². The quantitative estimate of drug-likeness (QED) is 0.515. The molecule has 0 unspecified atom stereocenters. The highest BCUT2D eigenvalue weighted by Gasteiger charge is 2.43. The zero-order valence-corrected chi connectivity index (χ0v) is 15.5. The minimum atomic E-state index is -2.49. The Morgan fingerprint density at radius 1 is 0.909 bits per heavy atom. The summed E-state index contributed by atoms with van der Waals surface area (Å²) in [6, 6.07) is 0. The fraction of sp³-hybridized carbons (Fsp3) is 0.944. The molecule has 0 spiro atoms. The van der Waals surface area contributed by atoms with Crippen molar-refractivity contribution in [1.29, 1.82) is 0 Å². The van der Waals surface area contributed by atoms with E-state index in [1.165, 1.54) is 38.5 Å². The van der Waals surface area contributed by atoms with Crippen molar-refractivity contribution in [3.63, 3.8) is 0 Å². The van der Waals surface area contributed by atoms with Gasteiger partial charge in [0.2, 0.25) is 0 Å². The smallest absolute Gasteiger partial charge is 0.313 e. The number of hydrogen-bond donors (Lipinski definition) is 0. The van der Waals surface area contributed by atoms with Gasteiger partial charge in [0.25, 0.3) is 0 Å². The Balaban J connectivity index is 2.13. The van der Waals surface area contributed by atoms with Crippen LogP contribution in [-0.4, -0.2) is 29.1 Å². The lowest BCUT2D eigenvalue weighted by Gasteiger charge is -2.38. The van der Waals surface area contributed by atoms with Gasteiger partial charge in [0.05, 0.1) is 6.16 Å². The summed E-state index contributed by atoms with van der Waals surface area (Å²) in [6.45, 7) is 5.66. The first kappa shape index (κ1) is 18.0. The maximum atomic E-state index is 13.9. The van der Waals surface area contributed by atoms with Crippen molar-refractivity contribution in [3.8, 4) is 0 Å². The van der Waals surface area contributed by atoms with E-state index in [2.05, 4.69) is 0 Å². The molecule has 3 nitrogen and oxygen atoms in total. The highest BCUT2D eigenvalue weighted by atomic mass is 31.2. The van der Waals surface area contributed by atoms with Crippen LogP contribution >= 0.6 is 7.14 Å². The number of carbonyl (C=O) groups is 1. The van der Waals surface area contributed by atoms with Gasteiger partial charge in [0.15, 0.2) is 0 Å². The first-order chi connectivity index (χ1) is 10.3. The predicted molar refractivity (Wildman–Crippen MR) is 92.1 cm³/mol. The molecule has 22 heavy (non-hydrogen) atoms. The second kappa shape index (κ2) is 7.51. The minimum Gasteiger partial charge on any atom is -0.460 e. The van der Waals surface area contributed by atoms with E-state index in [0.717, 1.165) is 25.7 Å². The van der Waals surface area contributed by atoms with Crippen molar-refractivity contribution < 1.29 is 14.1 Å². The summed E-state index contributed by atoms with van der Waals surface area (Å²) in [5, 5.41) is 0. The van der Waals surface area contributed by atoms with Crippen molar-refractivity contribution in [2.75, 3.05) is 6.16 Å². The van der Waals surface area contributed by atoms with E-state index in [1.807, 2.05) is 20.8 Å². The van der Waals surface area contributed by atoms with Gasteiger partial charge in [-0.2, -0.15) is 0 Å². The van der Waals surface area contributed by atoms with Gasteiger partial charge in [-0.1, -0.05) is 38.5 Å². The summed E-state index contributed by atoms with van der Waals surface area (Å²) in [5.74, 6) is -0.244. The van der Waals surface area contributed by atoms with E-state index in [9.17, 15) is 9.36 Å². The largest absolute Gasteiger partial charge is 0.460 e. The number of rotatable bonds is 4. The van der Waals surface area contributed by atoms with Gasteiger partial charge >= 0.3 is 5.97 Å². The van der Waals surface area contributed by atoms with Gasteiger partial charge in [-0.15, -0.1) is 0 Å². The molecule has 2 aliphatic rings. The summed E-state index contributed by atoms with van der Waals surface area (Å²) in [4.78, 5) is 12.4. The standard InChI is InChI=1S/C18H33O3P/c1-18(2,3)21-17(19)14-22(20,15-10-6-4-7-11-15)16-12-8-5-9-13-16/h15-16H,4-14H2,1-3H3. The van der Waals surface area contributed by atoms with Crippen LogP contribution in [0, 0.1) is 0 Å². The number of hydrogen-bond acceptors (Lipinski definition) is 3. The third-order valence-corrected chi connectivity index (χ3v) is 9.44. The van der Waals surface area contributed by atoms with E-state index in [-0.39, 0.29) is 23.4 Å². The monoisotopic (exact) mass is 328 g/mol. The zero-order valence-electron chi connectivity index (χ0n) is 14.6. The lowest BCUT2D eigenvalue weighted by atomic mass is 9.99. The molecule has 2 saturated carbocycles.